The lowest BCUT2D eigenvalue weighted by Gasteiger charge is -2.21. The van der Waals surface area contributed by atoms with Crippen LogP contribution in [0.4, 0.5) is 4.79 Å². The summed E-state index contributed by atoms with van der Waals surface area (Å²) in [7, 11) is 0. The Kier molecular flexibility index (Phi) is 5.26. The smallest absolute Gasteiger partial charge is 0.407 e. The van der Waals surface area contributed by atoms with Gasteiger partial charge < -0.3 is 15.2 Å². The number of rotatable bonds is 6. The molecular weight excluding hydrogens is 330 g/mol. The summed E-state index contributed by atoms with van der Waals surface area (Å²) in [5.74, 6) is -1.61. The van der Waals surface area contributed by atoms with Gasteiger partial charge in [0, 0.05) is 12.0 Å². The highest BCUT2D eigenvalue weighted by molar-refractivity contribution is 5.79. The maximum absolute atomic E-state index is 12.2. The van der Waals surface area contributed by atoms with E-state index < -0.39 is 24.0 Å². The molecular formula is C21H23NO4. The minimum absolute atomic E-state index is 0.00914. The summed E-state index contributed by atoms with van der Waals surface area (Å²) in [6.45, 7) is 3.64. The second-order valence-corrected chi connectivity index (χ2v) is 6.61. The molecule has 0 fully saturated rings. The lowest BCUT2D eigenvalue weighted by molar-refractivity contribution is -0.142. The lowest BCUT2D eigenvalue weighted by atomic mass is 9.98. The molecule has 0 saturated heterocycles. The molecule has 0 spiro atoms. The van der Waals surface area contributed by atoms with Gasteiger partial charge in [0.15, 0.2) is 0 Å². The molecule has 1 aliphatic rings. The zero-order chi connectivity index (χ0) is 18.7. The number of carbonyl (C=O) groups is 2. The Hall–Kier alpha value is -2.82. The minimum atomic E-state index is -0.934. The van der Waals surface area contributed by atoms with Gasteiger partial charge in [0.1, 0.15) is 6.61 Å². The molecule has 3 rings (SSSR count). The number of alkyl carbamates (subject to hydrolysis) is 1. The number of hydrogen-bond acceptors (Lipinski definition) is 3. The zero-order valence-electron chi connectivity index (χ0n) is 14.9. The highest BCUT2D eigenvalue weighted by Gasteiger charge is 2.30. The Morgan fingerprint density at radius 3 is 2.12 bits per heavy atom. The largest absolute Gasteiger partial charge is 0.481 e. The Morgan fingerprint density at radius 2 is 1.62 bits per heavy atom. The Balaban J connectivity index is 1.70. The number of amides is 1. The first-order valence-electron chi connectivity index (χ1n) is 8.87. The van der Waals surface area contributed by atoms with Crippen LogP contribution >= 0.6 is 0 Å². The molecule has 136 valence electrons. The number of benzene rings is 2. The Labute approximate surface area is 153 Å². The molecule has 0 aliphatic heterocycles. The van der Waals surface area contributed by atoms with E-state index in [1.165, 1.54) is 11.1 Å². The standard InChI is InChI=1S/C21H23NO4/c1-3-19(13(2)20(23)24)22-21(25)26-12-18-16-10-6-4-8-14(16)15-9-5-7-11-17(15)18/h4-11,13,18-19H,3,12H2,1-2H3,(H,22,25)(H,23,24)/t13-,19-/m0/s1. The SMILES string of the molecule is CC[C@H](NC(=O)OCC1c2ccccc2-c2ccccc21)[C@H](C)C(=O)O. The highest BCUT2D eigenvalue weighted by atomic mass is 16.5. The molecule has 0 bridgehead atoms. The number of ether oxygens (including phenoxy) is 1. The van der Waals surface area contributed by atoms with Gasteiger partial charge in [0.05, 0.1) is 5.92 Å². The zero-order valence-corrected chi connectivity index (χ0v) is 14.9. The van der Waals surface area contributed by atoms with Crippen LogP contribution in [0.1, 0.15) is 37.3 Å². The molecule has 5 nitrogen and oxygen atoms in total. The van der Waals surface area contributed by atoms with Crippen LogP contribution in [0, 0.1) is 5.92 Å². The van der Waals surface area contributed by atoms with Gasteiger partial charge in [-0.25, -0.2) is 4.79 Å². The molecule has 2 atom stereocenters. The summed E-state index contributed by atoms with van der Waals surface area (Å²) in [4.78, 5) is 23.3. The first-order chi connectivity index (χ1) is 12.5. The van der Waals surface area contributed by atoms with E-state index in [9.17, 15) is 9.59 Å². The monoisotopic (exact) mass is 353 g/mol. The normalized spacial score (nSPS) is 14.8. The van der Waals surface area contributed by atoms with E-state index in [4.69, 9.17) is 9.84 Å². The summed E-state index contributed by atoms with van der Waals surface area (Å²) in [5.41, 5.74) is 4.63. The van der Waals surface area contributed by atoms with E-state index in [2.05, 4.69) is 29.6 Å². The van der Waals surface area contributed by atoms with E-state index >= 15 is 0 Å². The van der Waals surface area contributed by atoms with Crippen molar-refractivity contribution in [3.8, 4) is 11.1 Å². The molecule has 0 saturated carbocycles. The van der Waals surface area contributed by atoms with E-state index in [1.807, 2.05) is 31.2 Å². The maximum Gasteiger partial charge on any atom is 0.407 e. The highest BCUT2D eigenvalue weighted by Crippen LogP contribution is 2.44. The van der Waals surface area contributed by atoms with Crippen molar-refractivity contribution in [3.05, 3.63) is 59.7 Å². The van der Waals surface area contributed by atoms with E-state index in [1.54, 1.807) is 6.92 Å². The molecule has 0 radical (unpaired) electrons. The molecule has 0 unspecified atom stereocenters. The molecule has 5 heteroatoms. The third-order valence-corrected chi connectivity index (χ3v) is 5.08. The summed E-state index contributed by atoms with van der Waals surface area (Å²) in [5, 5.41) is 11.8. The topological polar surface area (TPSA) is 75.6 Å². The van der Waals surface area contributed by atoms with Gasteiger partial charge in [0.2, 0.25) is 0 Å². The van der Waals surface area contributed by atoms with Crippen LogP contribution in [-0.4, -0.2) is 29.8 Å². The van der Waals surface area contributed by atoms with Crippen molar-refractivity contribution in [1.82, 2.24) is 5.32 Å². The fraction of sp³-hybridized carbons (Fsp3) is 0.333. The van der Waals surface area contributed by atoms with Crippen LogP contribution in [0.15, 0.2) is 48.5 Å². The molecule has 26 heavy (non-hydrogen) atoms. The molecule has 0 aromatic heterocycles. The molecule has 1 amide bonds. The van der Waals surface area contributed by atoms with Crippen LogP contribution in [0.2, 0.25) is 0 Å². The average molecular weight is 353 g/mol. The van der Waals surface area contributed by atoms with E-state index in [-0.39, 0.29) is 12.5 Å². The van der Waals surface area contributed by atoms with Gasteiger partial charge in [-0.05, 0) is 35.6 Å². The molecule has 1 aliphatic carbocycles. The van der Waals surface area contributed by atoms with Gasteiger partial charge in [-0.2, -0.15) is 0 Å². The third kappa shape index (κ3) is 3.43. The molecule has 2 N–H and O–H groups in total. The van der Waals surface area contributed by atoms with Gasteiger partial charge in [0.25, 0.3) is 0 Å². The number of hydrogen-bond donors (Lipinski definition) is 2. The number of nitrogens with one attached hydrogen (secondary N) is 1. The van der Waals surface area contributed by atoms with Crippen molar-refractivity contribution in [2.75, 3.05) is 6.61 Å². The van der Waals surface area contributed by atoms with Crippen LogP contribution in [-0.2, 0) is 9.53 Å². The maximum atomic E-state index is 12.2. The van der Waals surface area contributed by atoms with E-state index in [0.717, 1.165) is 11.1 Å². The van der Waals surface area contributed by atoms with Crippen molar-refractivity contribution in [1.29, 1.82) is 0 Å². The summed E-state index contributed by atoms with van der Waals surface area (Å²) < 4.78 is 5.46. The third-order valence-electron chi connectivity index (χ3n) is 5.08. The van der Waals surface area contributed by atoms with Crippen molar-refractivity contribution in [2.45, 2.75) is 32.2 Å². The van der Waals surface area contributed by atoms with Crippen molar-refractivity contribution < 1.29 is 19.4 Å². The number of carbonyl (C=O) groups excluding carboxylic acids is 1. The Morgan fingerprint density at radius 1 is 1.08 bits per heavy atom. The van der Waals surface area contributed by atoms with Crippen molar-refractivity contribution >= 4 is 12.1 Å². The number of fused-ring (bicyclic) bond motifs is 3. The lowest BCUT2D eigenvalue weighted by Crippen LogP contribution is -2.42. The number of carboxylic acids is 1. The van der Waals surface area contributed by atoms with Crippen LogP contribution < -0.4 is 5.32 Å². The van der Waals surface area contributed by atoms with Crippen molar-refractivity contribution in [3.63, 3.8) is 0 Å². The fourth-order valence-electron chi connectivity index (χ4n) is 3.54. The van der Waals surface area contributed by atoms with Crippen LogP contribution in [0.25, 0.3) is 11.1 Å². The van der Waals surface area contributed by atoms with Gasteiger partial charge >= 0.3 is 12.1 Å². The predicted molar refractivity (Wildman–Crippen MR) is 99.1 cm³/mol. The average Bonchev–Trinajstić information content (AvgIpc) is 2.98. The summed E-state index contributed by atoms with van der Waals surface area (Å²) >= 11 is 0. The first-order valence-corrected chi connectivity index (χ1v) is 8.87. The predicted octanol–water partition coefficient (Wildman–Crippen LogP) is 4.02. The molecule has 0 heterocycles. The summed E-state index contributed by atoms with van der Waals surface area (Å²) in [6, 6.07) is 15.8. The second-order valence-electron chi connectivity index (χ2n) is 6.61. The minimum Gasteiger partial charge on any atom is -0.481 e. The Bertz CT molecular complexity index is 772. The second kappa shape index (κ2) is 7.60. The van der Waals surface area contributed by atoms with Gasteiger partial charge in [-0.1, -0.05) is 55.5 Å². The van der Waals surface area contributed by atoms with Crippen LogP contribution in [0.3, 0.4) is 0 Å². The van der Waals surface area contributed by atoms with E-state index in [0.29, 0.717) is 6.42 Å². The summed E-state index contributed by atoms with van der Waals surface area (Å²) in [6.07, 6.45) is -0.0516. The quantitative estimate of drug-likeness (QED) is 0.822. The fourth-order valence-corrected chi connectivity index (χ4v) is 3.54. The molecule has 2 aromatic rings. The van der Waals surface area contributed by atoms with Crippen molar-refractivity contribution in [2.24, 2.45) is 5.92 Å². The first kappa shape index (κ1) is 18.0. The van der Waals surface area contributed by atoms with Crippen LogP contribution in [0.5, 0.6) is 0 Å². The number of carboxylic acid groups (broad SMARTS) is 1. The molecule has 2 aromatic carbocycles. The number of aliphatic carboxylic acids is 1. The van der Waals surface area contributed by atoms with Gasteiger partial charge in [-0.15, -0.1) is 0 Å². The van der Waals surface area contributed by atoms with Gasteiger partial charge in [-0.3, -0.25) is 4.79 Å².